The number of aromatic nitrogens is 1. The van der Waals surface area contributed by atoms with Gasteiger partial charge < -0.3 is 10.4 Å². The van der Waals surface area contributed by atoms with Gasteiger partial charge in [-0.2, -0.15) is 0 Å². The Bertz CT molecular complexity index is 324. The molecule has 0 spiro atoms. The van der Waals surface area contributed by atoms with Crippen molar-refractivity contribution in [2.45, 2.75) is 20.3 Å². The van der Waals surface area contributed by atoms with Crippen LogP contribution in [0.4, 0.5) is 5.82 Å². The van der Waals surface area contributed by atoms with Crippen molar-refractivity contribution in [2.24, 2.45) is 5.92 Å². The van der Waals surface area contributed by atoms with Gasteiger partial charge in [-0.15, -0.1) is 0 Å². The van der Waals surface area contributed by atoms with E-state index in [1.807, 2.05) is 13.8 Å². The fraction of sp³-hybridized carbons (Fsp3) is 0.400. The summed E-state index contributed by atoms with van der Waals surface area (Å²) >= 11 is 0. The van der Waals surface area contributed by atoms with Crippen molar-refractivity contribution in [3.05, 3.63) is 18.3 Å². The summed E-state index contributed by atoms with van der Waals surface area (Å²) in [5.41, 5.74) is 0. The van der Waals surface area contributed by atoms with Crippen LogP contribution in [0.1, 0.15) is 20.3 Å². The van der Waals surface area contributed by atoms with Gasteiger partial charge >= 0.3 is 0 Å². The third-order valence-electron chi connectivity index (χ3n) is 1.64. The van der Waals surface area contributed by atoms with Crippen LogP contribution in [0, 0.1) is 5.92 Å². The minimum atomic E-state index is -0.131. The highest BCUT2D eigenvalue weighted by Crippen LogP contribution is 2.18. The van der Waals surface area contributed by atoms with E-state index < -0.39 is 0 Å². The van der Waals surface area contributed by atoms with E-state index in [0.717, 1.165) is 0 Å². The Morgan fingerprint density at radius 2 is 2.36 bits per heavy atom. The molecule has 1 heterocycles. The normalized spacial score (nSPS) is 10.2. The molecule has 2 N–H and O–H groups in total. The number of nitrogens with zero attached hydrogens (tertiary/aromatic N) is 1. The van der Waals surface area contributed by atoms with Crippen molar-refractivity contribution < 1.29 is 9.90 Å². The van der Waals surface area contributed by atoms with Crippen molar-refractivity contribution in [1.29, 1.82) is 0 Å². The molecule has 1 rings (SSSR count). The smallest absolute Gasteiger partial charge is 0.225 e. The summed E-state index contributed by atoms with van der Waals surface area (Å²) in [5.74, 6) is 0.373. The van der Waals surface area contributed by atoms with Crippen LogP contribution < -0.4 is 5.32 Å². The van der Waals surface area contributed by atoms with E-state index >= 15 is 0 Å². The molecule has 0 aliphatic carbocycles. The molecular weight excluding hydrogens is 180 g/mol. The number of amides is 1. The van der Waals surface area contributed by atoms with Crippen LogP contribution in [0.15, 0.2) is 18.3 Å². The van der Waals surface area contributed by atoms with E-state index in [9.17, 15) is 9.90 Å². The first-order valence-electron chi connectivity index (χ1n) is 4.53. The van der Waals surface area contributed by atoms with Crippen LogP contribution in [0.25, 0.3) is 0 Å². The van der Waals surface area contributed by atoms with Crippen LogP contribution in [-0.2, 0) is 4.79 Å². The fourth-order valence-electron chi connectivity index (χ4n) is 1.05. The highest BCUT2D eigenvalue weighted by Gasteiger charge is 2.08. The van der Waals surface area contributed by atoms with Gasteiger partial charge in [0.1, 0.15) is 0 Å². The summed E-state index contributed by atoms with van der Waals surface area (Å²) in [7, 11) is 0. The van der Waals surface area contributed by atoms with Crippen LogP contribution in [0.5, 0.6) is 5.75 Å². The molecule has 0 unspecified atom stereocenters. The zero-order chi connectivity index (χ0) is 10.6. The number of carbonyl (C=O) groups is 1. The highest BCUT2D eigenvalue weighted by atomic mass is 16.3. The lowest BCUT2D eigenvalue weighted by atomic mass is 10.1. The molecule has 1 amide bonds. The van der Waals surface area contributed by atoms with Gasteiger partial charge in [-0.25, -0.2) is 4.98 Å². The summed E-state index contributed by atoms with van der Waals surface area (Å²) in [4.78, 5) is 15.2. The molecular formula is C10H14N2O2. The lowest BCUT2D eigenvalue weighted by Crippen LogP contribution is -2.14. The van der Waals surface area contributed by atoms with Crippen LogP contribution >= 0.6 is 0 Å². The lowest BCUT2D eigenvalue weighted by molar-refractivity contribution is -0.116. The van der Waals surface area contributed by atoms with Gasteiger partial charge in [0.2, 0.25) is 5.91 Å². The number of hydrogen-bond acceptors (Lipinski definition) is 3. The van der Waals surface area contributed by atoms with Crippen LogP contribution in [0.2, 0.25) is 0 Å². The molecule has 4 heteroatoms. The quantitative estimate of drug-likeness (QED) is 0.770. The standard InChI is InChI=1S/C10H14N2O2/c1-7(2)6-9(14)12-10-8(13)4-3-5-11-10/h3-5,7,13H,6H2,1-2H3,(H,11,12,14). The Hall–Kier alpha value is -1.58. The maximum absolute atomic E-state index is 11.3. The molecule has 1 aromatic rings. The average molecular weight is 194 g/mol. The van der Waals surface area contributed by atoms with E-state index in [2.05, 4.69) is 10.3 Å². The number of aromatic hydroxyl groups is 1. The molecule has 76 valence electrons. The van der Waals surface area contributed by atoms with Crippen molar-refractivity contribution in [1.82, 2.24) is 4.98 Å². The monoisotopic (exact) mass is 194 g/mol. The second kappa shape index (κ2) is 4.60. The van der Waals surface area contributed by atoms with E-state index in [4.69, 9.17) is 0 Å². The van der Waals surface area contributed by atoms with Gasteiger partial charge in [-0.3, -0.25) is 4.79 Å². The average Bonchev–Trinajstić information content (AvgIpc) is 2.07. The molecule has 1 aromatic heterocycles. The van der Waals surface area contributed by atoms with E-state index in [1.54, 1.807) is 6.07 Å². The summed E-state index contributed by atoms with van der Waals surface area (Å²) in [6, 6.07) is 3.09. The maximum atomic E-state index is 11.3. The molecule has 0 aromatic carbocycles. The third kappa shape index (κ3) is 3.05. The number of rotatable bonds is 3. The maximum Gasteiger partial charge on any atom is 0.225 e. The molecule has 0 aliphatic heterocycles. The molecule has 4 nitrogen and oxygen atoms in total. The molecule has 0 fully saturated rings. The number of hydrogen-bond donors (Lipinski definition) is 2. The van der Waals surface area contributed by atoms with Crippen molar-refractivity contribution in [3.63, 3.8) is 0 Å². The molecule has 14 heavy (non-hydrogen) atoms. The highest BCUT2D eigenvalue weighted by molar-refractivity contribution is 5.91. The zero-order valence-corrected chi connectivity index (χ0v) is 8.32. The minimum Gasteiger partial charge on any atom is -0.504 e. The number of nitrogens with one attached hydrogen (secondary N) is 1. The first-order chi connectivity index (χ1) is 6.59. The molecule has 0 bridgehead atoms. The Kier molecular flexibility index (Phi) is 3.45. The SMILES string of the molecule is CC(C)CC(=O)Nc1ncccc1O. The van der Waals surface area contributed by atoms with Crippen molar-refractivity contribution in [2.75, 3.05) is 5.32 Å². The molecule has 0 atom stereocenters. The second-order valence-electron chi connectivity index (χ2n) is 3.52. The minimum absolute atomic E-state index is 0.00962. The van der Waals surface area contributed by atoms with E-state index in [-0.39, 0.29) is 17.5 Å². The van der Waals surface area contributed by atoms with Gasteiger partial charge in [0.15, 0.2) is 11.6 Å². The predicted octanol–water partition coefficient (Wildman–Crippen LogP) is 1.77. The van der Waals surface area contributed by atoms with Gasteiger partial charge in [0, 0.05) is 12.6 Å². The molecule has 0 saturated carbocycles. The van der Waals surface area contributed by atoms with E-state index in [1.165, 1.54) is 12.3 Å². The summed E-state index contributed by atoms with van der Waals surface area (Å²) in [5, 5.41) is 11.9. The Balaban J connectivity index is 2.61. The number of pyridine rings is 1. The Morgan fingerprint density at radius 3 is 2.93 bits per heavy atom. The van der Waals surface area contributed by atoms with E-state index in [0.29, 0.717) is 12.3 Å². The lowest BCUT2D eigenvalue weighted by Gasteiger charge is -2.06. The summed E-state index contributed by atoms with van der Waals surface area (Å²) in [6.45, 7) is 3.91. The first kappa shape index (κ1) is 10.5. The number of anilines is 1. The summed E-state index contributed by atoms with van der Waals surface area (Å²) in [6.07, 6.45) is 1.95. The van der Waals surface area contributed by atoms with Crippen LogP contribution in [-0.4, -0.2) is 16.0 Å². The van der Waals surface area contributed by atoms with Gasteiger partial charge in [0.25, 0.3) is 0 Å². The van der Waals surface area contributed by atoms with Gasteiger partial charge in [-0.05, 0) is 18.1 Å². The number of carbonyl (C=O) groups excluding carboxylic acids is 1. The summed E-state index contributed by atoms with van der Waals surface area (Å²) < 4.78 is 0. The molecule has 0 aliphatic rings. The Morgan fingerprint density at radius 1 is 1.64 bits per heavy atom. The van der Waals surface area contributed by atoms with Gasteiger partial charge in [-0.1, -0.05) is 13.8 Å². The molecule has 0 saturated heterocycles. The third-order valence-corrected chi connectivity index (χ3v) is 1.64. The Labute approximate surface area is 83.0 Å². The van der Waals surface area contributed by atoms with Gasteiger partial charge in [0.05, 0.1) is 0 Å². The van der Waals surface area contributed by atoms with Crippen molar-refractivity contribution in [3.8, 4) is 5.75 Å². The topological polar surface area (TPSA) is 62.2 Å². The first-order valence-corrected chi connectivity index (χ1v) is 4.53. The second-order valence-corrected chi connectivity index (χ2v) is 3.52. The van der Waals surface area contributed by atoms with Crippen molar-refractivity contribution >= 4 is 11.7 Å². The largest absolute Gasteiger partial charge is 0.504 e. The van der Waals surface area contributed by atoms with Crippen LogP contribution in [0.3, 0.4) is 0 Å². The molecule has 0 radical (unpaired) electrons. The predicted molar refractivity (Wildman–Crippen MR) is 54.0 cm³/mol. The zero-order valence-electron chi connectivity index (χ0n) is 8.32. The fourth-order valence-corrected chi connectivity index (χ4v) is 1.05.